The van der Waals surface area contributed by atoms with E-state index in [0.717, 1.165) is 12.1 Å². The molecular weight excluding hydrogens is 339 g/mol. The van der Waals surface area contributed by atoms with Crippen molar-refractivity contribution in [2.24, 2.45) is 0 Å². The van der Waals surface area contributed by atoms with Crippen LogP contribution in [0.5, 0.6) is 0 Å². The van der Waals surface area contributed by atoms with E-state index >= 15 is 0 Å². The standard InChI is InChI=1S/C14H7ClO5S.Na/c15-11-3-1-2-9-12(11)14(17)8-5-4-7(21(18,19)20)6-10(8)13(9)16;/h1-6H,(H,18,19,20);/q;+1. The van der Waals surface area contributed by atoms with Crippen molar-refractivity contribution in [3.8, 4) is 0 Å². The second-order valence-corrected chi connectivity index (χ2v) is 6.33. The minimum absolute atomic E-state index is 0. The maximum Gasteiger partial charge on any atom is 1.00 e. The fraction of sp³-hybridized carbons (Fsp3) is 0. The third kappa shape index (κ3) is 2.67. The number of ketones is 2. The molecule has 0 aliphatic heterocycles. The Morgan fingerprint density at radius 1 is 0.909 bits per heavy atom. The van der Waals surface area contributed by atoms with Gasteiger partial charge >= 0.3 is 29.6 Å². The molecule has 2 aromatic rings. The molecule has 106 valence electrons. The zero-order chi connectivity index (χ0) is 15.4. The first kappa shape index (κ1) is 17.3. The Kier molecular flexibility index (Phi) is 4.64. The van der Waals surface area contributed by atoms with Gasteiger partial charge in [-0.25, -0.2) is 0 Å². The van der Waals surface area contributed by atoms with Gasteiger partial charge in [0, 0.05) is 16.7 Å². The van der Waals surface area contributed by atoms with Gasteiger partial charge < -0.3 is 0 Å². The van der Waals surface area contributed by atoms with Crippen molar-refractivity contribution >= 4 is 33.3 Å². The average Bonchev–Trinajstić information content (AvgIpc) is 2.43. The Hall–Kier alpha value is -1.02. The van der Waals surface area contributed by atoms with Gasteiger partial charge in [0.25, 0.3) is 10.1 Å². The molecule has 0 fully saturated rings. The summed E-state index contributed by atoms with van der Waals surface area (Å²) < 4.78 is 31.3. The van der Waals surface area contributed by atoms with Crippen LogP contribution >= 0.6 is 11.6 Å². The maximum atomic E-state index is 12.4. The fourth-order valence-electron chi connectivity index (χ4n) is 2.29. The van der Waals surface area contributed by atoms with Crippen LogP contribution in [-0.2, 0) is 10.1 Å². The third-order valence-electron chi connectivity index (χ3n) is 3.26. The fourth-order valence-corrected chi connectivity index (χ4v) is 3.06. The van der Waals surface area contributed by atoms with Gasteiger partial charge in [0.05, 0.1) is 15.5 Å². The minimum atomic E-state index is -4.45. The molecule has 1 aliphatic rings. The van der Waals surface area contributed by atoms with E-state index in [1.165, 1.54) is 24.3 Å². The minimum Gasteiger partial charge on any atom is -0.289 e. The molecule has 2 aromatic carbocycles. The van der Waals surface area contributed by atoms with Crippen molar-refractivity contribution in [1.82, 2.24) is 0 Å². The SMILES string of the molecule is O=C1c2cc(S(=O)(=O)O)ccc2C(=O)c2c(Cl)cccc21.[Na+]. The number of hydrogen-bond donors (Lipinski definition) is 1. The molecule has 0 radical (unpaired) electrons. The number of halogens is 1. The summed E-state index contributed by atoms with van der Waals surface area (Å²) in [6, 6.07) is 7.75. The molecule has 0 bridgehead atoms. The van der Waals surface area contributed by atoms with Crippen LogP contribution in [0.15, 0.2) is 41.3 Å². The second-order valence-electron chi connectivity index (χ2n) is 4.50. The van der Waals surface area contributed by atoms with Crippen LogP contribution in [0.25, 0.3) is 0 Å². The zero-order valence-corrected chi connectivity index (χ0v) is 14.9. The van der Waals surface area contributed by atoms with Gasteiger partial charge in [-0.3, -0.25) is 14.1 Å². The van der Waals surface area contributed by atoms with Gasteiger partial charge in [-0.05, 0) is 24.3 Å². The first-order valence-electron chi connectivity index (χ1n) is 5.80. The van der Waals surface area contributed by atoms with Crippen LogP contribution < -0.4 is 29.6 Å². The van der Waals surface area contributed by atoms with E-state index in [0.29, 0.717) is 0 Å². The maximum absolute atomic E-state index is 12.4. The number of carbonyl (C=O) groups is 2. The molecule has 1 aliphatic carbocycles. The summed E-state index contributed by atoms with van der Waals surface area (Å²) in [6.07, 6.45) is 0. The van der Waals surface area contributed by atoms with Crippen molar-refractivity contribution < 1.29 is 52.1 Å². The number of hydrogen-bond acceptors (Lipinski definition) is 4. The molecule has 22 heavy (non-hydrogen) atoms. The molecule has 0 saturated carbocycles. The Morgan fingerprint density at radius 3 is 2.23 bits per heavy atom. The summed E-state index contributed by atoms with van der Waals surface area (Å²) in [6.45, 7) is 0. The van der Waals surface area contributed by atoms with E-state index in [2.05, 4.69) is 0 Å². The van der Waals surface area contributed by atoms with Gasteiger partial charge in [0.15, 0.2) is 11.6 Å². The summed E-state index contributed by atoms with van der Waals surface area (Å²) in [5.74, 6) is -0.959. The van der Waals surface area contributed by atoms with Crippen LogP contribution in [0, 0.1) is 0 Å². The largest absolute Gasteiger partial charge is 1.00 e. The van der Waals surface area contributed by atoms with Crippen molar-refractivity contribution in [3.63, 3.8) is 0 Å². The van der Waals surface area contributed by atoms with E-state index in [4.69, 9.17) is 16.2 Å². The number of carbonyl (C=O) groups excluding carboxylic acids is 2. The van der Waals surface area contributed by atoms with Gasteiger partial charge in [0.1, 0.15) is 0 Å². The molecule has 0 spiro atoms. The molecule has 0 heterocycles. The Labute approximate surface area is 153 Å². The predicted octanol–water partition coefficient (Wildman–Crippen LogP) is -0.634. The predicted molar refractivity (Wildman–Crippen MR) is 74.6 cm³/mol. The first-order chi connectivity index (χ1) is 9.80. The van der Waals surface area contributed by atoms with Gasteiger partial charge in [-0.1, -0.05) is 23.7 Å². The molecule has 8 heteroatoms. The molecule has 0 atom stereocenters. The molecule has 3 rings (SSSR count). The first-order valence-corrected chi connectivity index (χ1v) is 7.62. The monoisotopic (exact) mass is 345 g/mol. The van der Waals surface area contributed by atoms with Crippen molar-refractivity contribution in [2.45, 2.75) is 4.90 Å². The summed E-state index contributed by atoms with van der Waals surface area (Å²) in [5.41, 5.74) is 0.224. The molecular formula is C14H7ClNaO5S+. The Morgan fingerprint density at radius 2 is 1.59 bits per heavy atom. The van der Waals surface area contributed by atoms with Crippen molar-refractivity contribution in [1.29, 1.82) is 0 Å². The third-order valence-corrected chi connectivity index (χ3v) is 4.43. The van der Waals surface area contributed by atoms with Crippen LogP contribution in [0.2, 0.25) is 5.02 Å². The molecule has 0 unspecified atom stereocenters. The van der Waals surface area contributed by atoms with Crippen LogP contribution in [0.1, 0.15) is 31.8 Å². The summed E-state index contributed by atoms with van der Waals surface area (Å²) in [7, 11) is -4.45. The van der Waals surface area contributed by atoms with Crippen LogP contribution in [0.4, 0.5) is 0 Å². The average molecular weight is 346 g/mol. The van der Waals surface area contributed by atoms with Crippen LogP contribution in [-0.4, -0.2) is 24.5 Å². The normalized spacial score (nSPS) is 13.2. The number of rotatable bonds is 1. The zero-order valence-electron chi connectivity index (χ0n) is 11.3. The van der Waals surface area contributed by atoms with Gasteiger partial charge in [-0.15, -0.1) is 0 Å². The number of fused-ring (bicyclic) bond motifs is 2. The Bertz CT molecular complexity index is 921. The van der Waals surface area contributed by atoms with E-state index in [1.54, 1.807) is 0 Å². The molecule has 5 nitrogen and oxygen atoms in total. The summed E-state index contributed by atoms with van der Waals surface area (Å²) in [5, 5.41) is 0.162. The van der Waals surface area contributed by atoms with E-state index in [-0.39, 0.29) is 56.8 Å². The van der Waals surface area contributed by atoms with E-state index in [9.17, 15) is 18.0 Å². The number of benzene rings is 2. The topological polar surface area (TPSA) is 88.5 Å². The molecule has 0 amide bonds. The second kappa shape index (κ2) is 5.88. The molecule has 0 aromatic heterocycles. The van der Waals surface area contributed by atoms with Crippen molar-refractivity contribution in [2.75, 3.05) is 0 Å². The van der Waals surface area contributed by atoms with Crippen LogP contribution in [0.3, 0.4) is 0 Å². The Balaban J connectivity index is 0.00000176. The van der Waals surface area contributed by atoms with Gasteiger partial charge in [-0.2, -0.15) is 8.42 Å². The van der Waals surface area contributed by atoms with Gasteiger partial charge in [0.2, 0.25) is 0 Å². The van der Waals surface area contributed by atoms with E-state index < -0.39 is 26.6 Å². The molecule has 0 saturated heterocycles. The summed E-state index contributed by atoms with van der Waals surface area (Å²) >= 11 is 5.96. The smallest absolute Gasteiger partial charge is 0.289 e. The molecule has 1 N–H and O–H groups in total. The quantitative estimate of drug-likeness (QED) is 0.468. The summed E-state index contributed by atoms with van der Waals surface area (Å²) in [4.78, 5) is 24.3. The van der Waals surface area contributed by atoms with E-state index in [1.807, 2.05) is 0 Å². The van der Waals surface area contributed by atoms with Crippen molar-refractivity contribution in [3.05, 3.63) is 63.7 Å².